The number of nitrogens with two attached hydrogens (primary N) is 1. The van der Waals surface area contributed by atoms with E-state index in [0.717, 1.165) is 12.5 Å². The summed E-state index contributed by atoms with van der Waals surface area (Å²) in [7, 11) is 0. The van der Waals surface area contributed by atoms with E-state index in [9.17, 15) is 0 Å². The van der Waals surface area contributed by atoms with Crippen LogP contribution >= 0.6 is 0 Å². The fourth-order valence-corrected chi connectivity index (χ4v) is 2.91. The normalized spacial score (nSPS) is 21.9. The molecule has 2 rings (SSSR count). The van der Waals surface area contributed by atoms with Crippen molar-refractivity contribution in [2.24, 2.45) is 5.73 Å². The van der Waals surface area contributed by atoms with Crippen molar-refractivity contribution in [1.29, 1.82) is 0 Å². The van der Waals surface area contributed by atoms with E-state index in [1.165, 1.54) is 43.5 Å². The van der Waals surface area contributed by atoms with Crippen LogP contribution in [0, 0.1) is 0 Å². The van der Waals surface area contributed by atoms with Gasteiger partial charge in [-0.3, -0.25) is 0 Å². The lowest BCUT2D eigenvalue weighted by Gasteiger charge is -2.37. The van der Waals surface area contributed by atoms with Gasteiger partial charge in [0, 0.05) is 24.3 Å². The Bertz CT molecular complexity index is 358. The molecule has 0 aliphatic carbocycles. The first-order valence-electron chi connectivity index (χ1n) is 7.38. The molecule has 18 heavy (non-hydrogen) atoms. The molecule has 2 N–H and O–H groups in total. The molecule has 2 heteroatoms. The molecule has 1 aromatic rings. The van der Waals surface area contributed by atoms with Crippen LogP contribution in [-0.4, -0.2) is 12.6 Å². The molecule has 1 saturated heterocycles. The van der Waals surface area contributed by atoms with E-state index >= 15 is 0 Å². The van der Waals surface area contributed by atoms with Crippen LogP contribution in [0.4, 0.5) is 5.69 Å². The van der Waals surface area contributed by atoms with Gasteiger partial charge in [0.25, 0.3) is 0 Å². The van der Waals surface area contributed by atoms with Crippen molar-refractivity contribution in [2.45, 2.75) is 58.0 Å². The molecule has 1 heterocycles. The Morgan fingerprint density at radius 1 is 1.22 bits per heavy atom. The lowest BCUT2D eigenvalue weighted by Crippen LogP contribution is -2.39. The maximum atomic E-state index is 6.06. The molecule has 0 saturated carbocycles. The van der Waals surface area contributed by atoms with Crippen molar-refractivity contribution in [3.63, 3.8) is 0 Å². The minimum absolute atomic E-state index is 0.183. The SMILES string of the molecule is CCC1CCCCN1c1ccc([C@@H](N)CC)cc1. The van der Waals surface area contributed by atoms with E-state index in [2.05, 4.69) is 43.0 Å². The molecule has 1 aliphatic heterocycles. The Morgan fingerprint density at radius 2 is 1.94 bits per heavy atom. The Kier molecular flexibility index (Phi) is 4.65. The number of anilines is 1. The lowest BCUT2D eigenvalue weighted by atomic mass is 9.98. The van der Waals surface area contributed by atoms with Crippen LogP contribution in [0.3, 0.4) is 0 Å². The van der Waals surface area contributed by atoms with Crippen LogP contribution in [0.5, 0.6) is 0 Å². The van der Waals surface area contributed by atoms with Crippen LogP contribution in [0.15, 0.2) is 24.3 Å². The van der Waals surface area contributed by atoms with E-state index < -0.39 is 0 Å². The van der Waals surface area contributed by atoms with E-state index in [1.807, 2.05) is 0 Å². The smallest absolute Gasteiger partial charge is 0.0368 e. The third kappa shape index (κ3) is 2.86. The first-order valence-corrected chi connectivity index (χ1v) is 7.38. The quantitative estimate of drug-likeness (QED) is 0.874. The third-order valence-corrected chi connectivity index (χ3v) is 4.19. The van der Waals surface area contributed by atoms with Crippen molar-refractivity contribution < 1.29 is 0 Å². The van der Waals surface area contributed by atoms with Crippen LogP contribution in [0.25, 0.3) is 0 Å². The molecule has 0 spiro atoms. The highest BCUT2D eigenvalue weighted by molar-refractivity contribution is 5.49. The number of piperidine rings is 1. The Labute approximate surface area is 111 Å². The highest BCUT2D eigenvalue weighted by Gasteiger charge is 2.20. The van der Waals surface area contributed by atoms with Crippen molar-refractivity contribution >= 4 is 5.69 Å². The second kappa shape index (κ2) is 6.24. The zero-order chi connectivity index (χ0) is 13.0. The topological polar surface area (TPSA) is 29.3 Å². The third-order valence-electron chi connectivity index (χ3n) is 4.19. The standard InChI is InChI=1S/C16H26N2/c1-3-14-7-5-6-12-18(14)15-10-8-13(9-11-15)16(17)4-2/h8-11,14,16H,3-7,12,17H2,1-2H3/t14?,16-/m0/s1. The largest absolute Gasteiger partial charge is 0.369 e. The highest BCUT2D eigenvalue weighted by Crippen LogP contribution is 2.27. The first-order chi connectivity index (χ1) is 8.76. The second-order valence-corrected chi connectivity index (χ2v) is 5.36. The fourth-order valence-electron chi connectivity index (χ4n) is 2.91. The Balaban J connectivity index is 2.12. The molecule has 2 nitrogen and oxygen atoms in total. The number of hydrogen-bond donors (Lipinski definition) is 1. The van der Waals surface area contributed by atoms with E-state index in [-0.39, 0.29) is 6.04 Å². The second-order valence-electron chi connectivity index (χ2n) is 5.36. The molecule has 2 atom stereocenters. The summed E-state index contributed by atoms with van der Waals surface area (Å²) >= 11 is 0. The molecule has 100 valence electrons. The summed E-state index contributed by atoms with van der Waals surface area (Å²) in [5, 5.41) is 0. The zero-order valence-corrected chi connectivity index (χ0v) is 11.7. The number of rotatable bonds is 4. The van der Waals surface area contributed by atoms with Gasteiger partial charge in [0.05, 0.1) is 0 Å². The van der Waals surface area contributed by atoms with Crippen LogP contribution in [0.1, 0.15) is 57.6 Å². The molecular weight excluding hydrogens is 220 g/mol. The fraction of sp³-hybridized carbons (Fsp3) is 0.625. The van der Waals surface area contributed by atoms with Crippen LogP contribution < -0.4 is 10.6 Å². The summed E-state index contributed by atoms with van der Waals surface area (Å²) in [6.45, 7) is 5.64. The van der Waals surface area contributed by atoms with E-state index in [1.54, 1.807) is 0 Å². The summed E-state index contributed by atoms with van der Waals surface area (Å²) in [6, 6.07) is 9.81. The predicted octanol–water partition coefficient (Wildman–Crippen LogP) is 3.87. The molecule has 1 aliphatic rings. The molecule has 0 radical (unpaired) electrons. The lowest BCUT2D eigenvalue weighted by molar-refractivity contribution is 0.450. The van der Waals surface area contributed by atoms with Crippen molar-refractivity contribution in [3.05, 3.63) is 29.8 Å². The number of hydrogen-bond acceptors (Lipinski definition) is 2. The molecule has 1 unspecified atom stereocenters. The first kappa shape index (κ1) is 13.4. The zero-order valence-electron chi connectivity index (χ0n) is 11.7. The van der Waals surface area contributed by atoms with Gasteiger partial charge in [0.15, 0.2) is 0 Å². The van der Waals surface area contributed by atoms with Gasteiger partial charge in [-0.25, -0.2) is 0 Å². The van der Waals surface area contributed by atoms with Gasteiger partial charge >= 0.3 is 0 Å². The highest BCUT2D eigenvalue weighted by atomic mass is 15.2. The summed E-state index contributed by atoms with van der Waals surface area (Å²) in [5.41, 5.74) is 8.69. The van der Waals surface area contributed by atoms with Crippen LogP contribution in [0.2, 0.25) is 0 Å². The summed E-state index contributed by atoms with van der Waals surface area (Å²) in [5.74, 6) is 0. The van der Waals surface area contributed by atoms with Crippen molar-refractivity contribution in [3.8, 4) is 0 Å². The number of nitrogens with zero attached hydrogens (tertiary/aromatic N) is 1. The molecule has 1 aromatic carbocycles. The van der Waals surface area contributed by atoms with Gasteiger partial charge in [0.1, 0.15) is 0 Å². The molecular formula is C16H26N2. The van der Waals surface area contributed by atoms with Crippen molar-refractivity contribution in [1.82, 2.24) is 0 Å². The van der Waals surface area contributed by atoms with E-state index in [4.69, 9.17) is 5.73 Å². The molecule has 0 amide bonds. The summed E-state index contributed by atoms with van der Waals surface area (Å²) < 4.78 is 0. The molecule has 0 bridgehead atoms. The summed E-state index contributed by atoms with van der Waals surface area (Å²) in [4.78, 5) is 2.57. The predicted molar refractivity (Wildman–Crippen MR) is 78.9 cm³/mol. The van der Waals surface area contributed by atoms with Gasteiger partial charge in [-0.2, -0.15) is 0 Å². The average molecular weight is 246 g/mol. The van der Waals surface area contributed by atoms with Gasteiger partial charge in [0.2, 0.25) is 0 Å². The minimum Gasteiger partial charge on any atom is -0.369 e. The van der Waals surface area contributed by atoms with Crippen molar-refractivity contribution in [2.75, 3.05) is 11.4 Å². The maximum Gasteiger partial charge on any atom is 0.0368 e. The van der Waals surface area contributed by atoms with Gasteiger partial charge in [-0.05, 0) is 49.8 Å². The van der Waals surface area contributed by atoms with Gasteiger partial charge < -0.3 is 10.6 Å². The Morgan fingerprint density at radius 3 is 2.56 bits per heavy atom. The molecule has 0 aromatic heterocycles. The number of benzene rings is 1. The van der Waals surface area contributed by atoms with E-state index in [0.29, 0.717) is 0 Å². The minimum atomic E-state index is 0.183. The van der Waals surface area contributed by atoms with Gasteiger partial charge in [-0.1, -0.05) is 26.0 Å². The summed E-state index contributed by atoms with van der Waals surface area (Å²) in [6.07, 6.45) is 6.30. The van der Waals surface area contributed by atoms with Crippen LogP contribution in [-0.2, 0) is 0 Å². The monoisotopic (exact) mass is 246 g/mol. The average Bonchev–Trinajstić information content (AvgIpc) is 2.46. The van der Waals surface area contributed by atoms with Gasteiger partial charge in [-0.15, -0.1) is 0 Å². The molecule has 1 fully saturated rings. The maximum absolute atomic E-state index is 6.06. The Hall–Kier alpha value is -1.02.